The van der Waals surface area contributed by atoms with E-state index in [1.807, 2.05) is 6.92 Å². The molecule has 1 heterocycles. The van der Waals surface area contributed by atoms with Gasteiger partial charge in [-0.05, 0) is 25.0 Å². The molecule has 1 aliphatic heterocycles. The third-order valence-electron chi connectivity index (χ3n) is 4.12. The molecule has 4 heteroatoms. The average molecular weight is 260 g/mol. The Morgan fingerprint density at radius 3 is 2.32 bits per heavy atom. The quantitative estimate of drug-likeness (QED) is 0.668. The monoisotopic (exact) mass is 260 g/mol. The van der Waals surface area contributed by atoms with Crippen LogP contribution in [0.5, 0.6) is 0 Å². The summed E-state index contributed by atoms with van der Waals surface area (Å²) in [6.45, 7) is 6.10. The third kappa shape index (κ3) is 2.01. The van der Waals surface area contributed by atoms with E-state index in [1.165, 1.54) is 4.90 Å². The summed E-state index contributed by atoms with van der Waals surface area (Å²) < 4.78 is 0. The normalized spacial score (nSPS) is 16.1. The Morgan fingerprint density at radius 2 is 1.79 bits per heavy atom. The van der Waals surface area contributed by atoms with Gasteiger partial charge in [0.15, 0.2) is 0 Å². The summed E-state index contributed by atoms with van der Waals surface area (Å²) in [7, 11) is 0. The Bertz CT molecular complexity index is 521. The highest BCUT2D eigenvalue weighted by atomic mass is 16.2. The number of amides is 2. The number of fused-ring (bicyclic) bond motifs is 1. The van der Waals surface area contributed by atoms with E-state index in [4.69, 9.17) is 5.73 Å². The highest BCUT2D eigenvalue weighted by Crippen LogP contribution is 2.31. The lowest BCUT2D eigenvalue weighted by molar-refractivity contribution is 0.0539. The van der Waals surface area contributed by atoms with Crippen LogP contribution in [0.4, 0.5) is 5.69 Å². The molecule has 102 valence electrons. The number of hydrogen-bond acceptors (Lipinski definition) is 3. The van der Waals surface area contributed by atoms with Gasteiger partial charge < -0.3 is 5.73 Å². The smallest absolute Gasteiger partial charge is 0.263 e. The molecular weight excluding hydrogens is 240 g/mol. The van der Waals surface area contributed by atoms with Crippen LogP contribution >= 0.6 is 0 Å². The van der Waals surface area contributed by atoms with Crippen LogP contribution in [0.25, 0.3) is 0 Å². The minimum atomic E-state index is -0.252. The average Bonchev–Trinajstić information content (AvgIpc) is 2.64. The largest absolute Gasteiger partial charge is 0.398 e. The van der Waals surface area contributed by atoms with Crippen molar-refractivity contribution in [3.8, 4) is 0 Å². The number of anilines is 1. The molecule has 4 nitrogen and oxygen atoms in total. The molecule has 2 amide bonds. The second-order valence-electron chi connectivity index (χ2n) is 5.07. The van der Waals surface area contributed by atoms with Crippen LogP contribution in [-0.4, -0.2) is 22.8 Å². The van der Waals surface area contributed by atoms with Crippen molar-refractivity contribution >= 4 is 17.5 Å². The van der Waals surface area contributed by atoms with E-state index < -0.39 is 0 Å². The minimum absolute atomic E-state index is 0.0956. The predicted octanol–water partition coefficient (Wildman–Crippen LogP) is 2.69. The summed E-state index contributed by atoms with van der Waals surface area (Å²) in [4.78, 5) is 26.2. The lowest BCUT2D eigenvalue weighted by Gasteiger charge is -2.29. The third-order valence-corrected chi connectivity index (χ3v) is 4.12. The van der Waals surface area contributed by atoms with E-state index in [2.05, 4.69) is 13.8 Å². The van der Waals surface area contributed by atoms with Gasteiger partial charge in [0.1, 0.15) is 0 Å². The van der Waals surface area contributed by atoms with Crippen LogP contribution in [0.3, 0.4) is 0 Å². The maximum Gasteiger partial charge on any atom is 0.263 e. The molecule has 0 spiro atoms. The molecule has 1 atom stereocenters. The molecule has 2 rings (SSSR count). The Balaban J connectivity index is 2.40. The maximum absolute atomic E-state index is 12.4. The molecule has 0 radical (unpaired) electrons. The van der Waals surface area contributed by atoms with Crippen LogP contribution in [0.1, 0.15) is 54.3 Å². The number of rotatable bonds is 4. The zero-order valence-corrected chi connectivity index (χ0v) is 11.6. The number of imide groups is 1. The van der Waals surface area contributed by atoms with Gasteiger partial charge in [-0.15, -0.1) is 0 Å². The van der Waals surface area contributed by atoms with Crippen LogP contribution in [0.15, 0.2) is 18.2 Å². The van der Waals surface area contributed by atoms with Crippen molar-refractivity contribution in [2.45, 2.75) is 39.7 Å². The number of nitrogens with zero attached hydrogens (tertiary/aromatic N) is 1. The standard InChI is InChI=1S/C15H20N2O2/c1-4-10(5-2)9(3)17-14(18)11-7-6-8-12(16)13(11)15(17)19/h6-10H,4-5,16H2,1-3H3. The van der Waals surface area contributed by atoms with Gasteiger partial charge in [0.05, 0.1) is 11.1 Å². The number of carbonyl (C=O) groups is 2. The number of hydrogen-bond donors (Lipinski definition) is 1. The predicted molar refractivity (Wildman–Crippen MR) is 74.9 cm³/mol. The molecule has 0 saturated carbocycles. The van der Waals surface area contributed by atoms with Gasteiger partial charge in [-0.25, -0.2) is 0 Å². The minimum Gasteiger partial charge on any atom is -0.398 e. The first kappa shape index (κ1) is 13.6. The van der Waals surface area contributed by atoms with Crippen molar-refractivity contribution in [2.75, 3.05) is 5.73 Å². The fourth-order valence-corrected chi connectivity index (χ4v) is 2.88. The summed E-state index contributed by atoms with van der Waals surface area (Å²) in [5.74, 6) is -0.146. The lowest BCUT2D eigenvalue weighted by Crippen LogP contribution is -2.42. The van der Waals surface area contributed by atoms with Gasteiger partial charge in [0.2, 0.25) is 0 Å². The molecule has 0 fully saturated rings. The van der Waals surface area contributed by atoms with Crippen molar-refractivity contribution in [3.05, 3.63) is 29.3 Å². The molecule has 0 saturated heterocycles. The summed E-state index contributed by atoms with van der Waals surface area (Å²) in [6, 6.07) is 4.95. The van der Waals surface area contributed by atoms with E-state index in [9.17, 15) is 9.59 Å². The fourth-order valence-electron chi connectivity index (χ4n) is 2.88. The molecule has 1 unspecified atom stereocenters. The SMILES string of the molecule is CCC(CC)C(C)N1C(=O)c2cccc(N)c2C1=O. The first-order chi connectivity index (χ1) is 9.02. The zero-order valence-electron chi connectivity index (χ0n) is 11.6. The number of carbonyl (C=O) groups excluding carboxylic acids is 2. The van der Waals surface area contributed by atoms with Crippen LogP contribution in [0.2, 0.25) is 0 Å². The number of nitrogen functional groups attached to an aromatic ring is 1. The molecule has 19 heavy (non-hydrogen) atoms. The fraction of sp³-hybridized carbons (Fsp3) is 0.467. The number of nitrogens with two attached hydrogens (primary N) is 1. The van der Waals surface area contributed by atoms with Crippen LogP contribution in [-0.2, 0) is 0 Å². The van der Waals surface area contributed by atoms with Crippen molar-refractivity contribution < 1.29 is 9.59 Å². The topological polar surface area (TPSA) is 63.4 Å². The van der Waals surface area contributed by atoms with Crippen LogP contribution in [0, 0.1) is 5.92 Å². The second-order valence-corrected chi connectivity index (χ2v) is 5.07. The highest BCUT2D eigenvalue weighted by Gasteiger charge is 2.41. The molecular formula is C15H20N2O2. The van der Waals surface area contributed by atoms with Crippen LogP contribution < -0.4 is 5.73 Å². The molecule has 0 aliphatic carbocycles. The van der Waals surface area contributed by atoms with Crippen molar-refractivity contribution in [1.29, 1.82) is 0 Å². The summed E-state index contributed by atoms with van der Waals surface area (Å²) >= 11 is 0. The van der Waals surface area contributed by atoms with Gasteiger partial charge in [-0.2, -0.15) is 0 Å². The Hall–Kier alpha value is -1.84. The van der Waals surface area contributed by atoms with Crippen molar-refractivity contribution in [3.63, 3.8) is 0 Å². The van der Waals surface area contributed by atoms with Gasteiger partial charge in [-0.3, -0.25) is 14.5 Å². The van der Waals surface area contributed by atoms with Gasteiger partial charge in [-0.1, -0.05) is 32.8 Å². The molecule has 2 N–H and O–H groups in total. The van der Waals surface area contributed by atoms with Gasteiger partial charge >= 0.3 is 0 Å². The van der Waals surface area contributed by atoms with Crippen molar-refractivity contribution in [1.82, 2.24) is 4.90 Å². The molecule has 1 aromatic carbocycles. The summed E-state index contributed by atoms with van der Waals surface area (Å²) in [5.41, 5.74) is 7.01. The van der Waals surface area contributed by atoms with E-state index in [-0.39, 0.29) is 17.9 Å². The molecule has 1 aromatic rings. The highest BCUT2D eigenvalue weighted by molar-refractivity contribution is 6.23. The van der Waals surface area contributed by atoms with E-state index in [0.717, 1.165) is 12.8 Å². The Kier molecular flexibility index (Phi) is 3.60. The van der Waals surface area contributed by atoms with E-state index in [1.54, 1.807) is 18.2 Å². The second kappa shape index (κ2) is 5.03. The first-order valence-corrected chi connectivity index (χ1v) is 6.79. The Labute approximate surface area is 113 Å². The Morgan fingerprint density at radius 1 is 1.16 bits per heavy atom. The summed E-state index contributed by atoms with van der Waals surface area (Å²) in [5, 5.41) is 0. The molecule has 0 bridgehead atoms. The van der Waals surface area contributed by atoms with Gasteiger partial charge in [0.25, 0.3) is 11.8 Å². The lowest BCUT2D eigenvalue weighted by atomic mass is 9.94. The van der Waals surface area contributed by atoms with E-state index >= 15 is 0 Å². The zero-order chi connectivity index (χ0) is 14.2. The molecule has 1 aliphatic rings. The van der Waals surface area contributed by atoms with E-state index in [0.29, 0.717) is 22.7 Å². The number of benzene rings is 1. The van der Waals surface area contributed by atoms with Crippen molar-refractivity contribution in [2.24, 2.45) is 5.92 Å². The summed E-state index contributed by atoms with van der Waals surface area (Å²) in [6.07, 6.45) is 1.89. The first-order valence-electron chi connectivity index (χ1n) is 6.79. The molecule has 0 aromatic heterocycles. The van der Waals surface area contributed by atoms with Gasteiger partial charge in [0, 0.05) is 11.7 Å². The maximum atomic E-state index is 12.4.